The van der Waals surface area contributed by atoms with E-state index >= 15 is 0 Å². The van der Waals surface area contributed by atoms with Crippen molar-refractivity contribution in [1.82, 2.24) is 4.90 Å². The van der Waals surface area contributed by atoms with Crippen LogP contribution in [-0.2, 0) is 4.79 Å². The molecule has 2 heteroatoms. The SMILES string of the molecule is CCC(C)(C)C(=O)C1CC2(CCN(C(C)(C)C)C2)C1. The number of ketones is 1. The van der Waals surface area contributed by atoms with Crippen LogP contribution in [0, 0.1) is 16.7 Å². The summed E-state index contributed by atoms with van der Waals surface area (Å²) in [6, 6.07) is 0. The van der Waals surface area contributed by atoms with Gasteiger partial charge in [0.05, 0.1) is 0 Å². The topological polar surface area (TPSA) is 20.3 Å². The van der Waals surface area contributed by atoms with Gasteiger partial charge in [-0.15, -0.1) is 0 Å². The van der Waals surface area contributed by atoms with Crippen molar-refractivity contribution in [2.75, 3.05) is 13.1 Å². The molecule has 0 unspecified atom stereocenters. The summed E-state index contributed by atoms with van der Waals surface area (Å²) in [4.78, 5) is 15.1. The molecule has 19 heavy (non-hydrogen) atoms. The van der Waals surface area contributed by atoms with Gasteiger partial charge in [0.15, 0.2) is 0 Å². The lowest BCUT2D eigenvalue weighted by atomic mass is 9.57. The van der Waals surface area contributed by atoms with E-state index in [1.807, 2.05) is 0 Å². The zero-order valence-corrected chi connectivity index (χ0v) is 13.7. The highest BCUT2D eigenvalue weighted by Gasteiger charge is 2.53. The summed E-state index contributed by atoms with van der Waals surface area (Å²) >= 11 is 0. The maximum atomic E-state index is 12.5. The number of hydrogen-bond acceptors (Lipinski definition) is 2. The molecule has 2 nitrogen and oxygen atoms in total. The second-order valence-corrected chi connectivity index (χ2v) is 8.55. The van der Waals surface area contributed by atoms with E-state index in [-0.39, 0.29) is 11.0 Å². The van der Waals surface area contributed by atoms with Crippen LogP contribution in [0.1, 0.15) is 67.2 Å². The predicted octanol–water partition coefficient (Wildman–Crippen LogP) is 3.89. The standard InChI is InChI=1S/C17H31NO/c1-7-16(5,6)14(19)13-10-17(11-13)8-9-18(12-17)15(2,3)4/h13H,7-12H2,1-6H3. The average Bonchev–Trinajstić information content (AvgIpc) is 2.70. The summed E-state index contributed by atoms with van der Waals surface area (Å²) in [7, 11) is 0. The van der Waals surface area contributed by atoms with Gasteiger partial charge >= 0.3 is 0 Å². The highest BCUT2D eigenvalue weighted by Crippen LogP contribution is 2.54. The van der Waals surface area contributed by atoms with Crippen LogP contribution in [0.15, 0.2) is 0 Å². The Morgan fingerprint density at radius 3 is 2.21 bits per heavy atom. The Labute approximate surface area is 118 Å². The Morgan fingerprint density at radius 1 is 1.21 bits per heavy atom. The average molecular weight is 265 g/mol. The lowest BCUT2D eigenvalue weighted by Crippen LogP contribution is -2.48. The molecule has 0 bridgehead atoms. The minimum Gasteiger partial charge on any atom is -0.299 e. The van der Waals surface area contributed by atoms with E-state index in [0.29, 0.717) is 17.1 Å². The largest absolute Gasteiger partial charge is 0.299 e. The van der Waals surface area contributed by atoms with E-state index < -0.39 is 0 Å². The Morgan fingerprint density at radius 2 is 1.79 bits per heavy atom. The lowest BCUT2D eigenvalue weighted by molar-refractivity contribution is -0.139. The summed E-state index contributed by atoms with van der Waals surface area (Å²) < 4.78 is 0. The van der Waals surface area contributed by atoms with E-state index in [4.69, 9.17) is 0 Å². The van der Waals surface area contributed by atoms with Gasteiger partial charge in [-0.05, 0) is 58.4 Å². The molecule has 1 saturated carbocycles. The van der Waals surface area contributed by atoms with Crippen molar-refractivity contribution in [2.24, 2.45) is 16.7 Å². The van der Waals surface area contributed by atoms with E-state index in [1.54, 1.807) is 0 Å². The van der Waals surface area contributed by atoms with Crippen molar-refractivity contribution in [1.29, 1.82) is 0 Å². The summed E-state index contributed by atoms with van der Waals surface area (Å²) in [5.41, 5.74) is 0.632. The summed E-state index contributed by atoms with van der Waals surface area (Å²) in [6.45, 7) is 15.7. The summed E-state index contributed by atoms with van der Waals surface area (Å²) in [5.74, 6) is 0.852. The van der Waals surface area contributed by atoms with Gasteiger partial charge in [-0.25, -0.2) is 0 Å². The molecular formula is C17H31NO. The first kappa shape index (κ1) is 15.0. The number of carbonyl (C=O) groups excluding carboxylic acids is 1. The molecule has 1 saturated heterocycles. The Hall–Kier alpha value is -0.370. The van der Waals surface area contributed by atoms with Crippen LogP contribution in [-0.4, -0.2) is 29.3 Å². The van der Waals surface area contributed by atoms with Crippen molar-refractivity contribution in [3.8, 4) is 0 Å². The molecule has 0 aromatic rings. The first-order chi connectivity index (χ1) is 8.60. The van der Waals surface area contributed by atoms with E-state index in [0.717, 1.165) is 19.3 Å². The Kier molecular flexibility index (Phi) is 3.62. The summed E-state index contributed by atoms with van der Waals surface area (Å²) in [6.07, 6.45) is 4.54. The third-order valence-corrected chi connectivity index (χ3v) is 5.67. The second kappa shape index (κ2) is 4.58. The van der Waals surface area contributed by atoms with Crippen LogP contribution in [0.2, 0.25) is 0 Å². The molecule has 1 spiro atoms. The molecule has 1 heterocycles. The molecule has 0 atom stereocenters. The number of Topliss-reactive ketones (excluding diaryl/α,β-unsaturated/α-hetero) is 1. The molecule has 0 aromatic carbocycles. The quantitative estimate of drug-likeness (QED) is 0.771. The van der Waals surface area contributed by atoms with Crippen molar-refractivity contribution in [3.63, 3.8) is 0 Å². The second-order valence-electron chi connectivity index (χ2n) is 8.55. The minimum absolute atomic E-state index is 0.116. The number of hydrogen-bond donors (Lipinski definition) is 0. The smallest absolute Gasteiger partial charge is 0.141 e. The first-order valence-electron chi connectivity index (χ1n) is 7.89. The fraction of sp³-hybridized carbons (Fsp3) is 0.941. The number of likely N-dealkylation sites (tertiary alicyclic amines) is 1. The maximum absolute atomic E-state index is 12.5. The van der Waals surface area contributed by atoms with Crippen LogP contribution in [0.3, 0.4) is 0 Å². The molecule has 0 aromatic heterocycles. The molecule has 2 aliphatic rings. The normalized spacial score (nSPS) is 32.6. The molecule has 110 valence electrons. The maximum Gasteiger partial charge on any atom is 0.141 e. The fourth-order valence-electron chi connectivity index (χ4n) is 3.74. The highest BCUT2D eigenvalue weighted by atomic mass is 16.1. The van der Waals surface area contributed by atoms with E-state index in [1.165, 1.54) is 19.5 Å². The van der Waals surface area contributed by atoms with Gasteiger partial charge in [0, 0.05) is 23.4 Å². The van der Waals surface area contributed by atoms with Gasteiger partial charge in [0.1, 0.15) is 5.78 Å². The molecule has 2 rings (SSSR count). The van der Waals surface area contributed by atoms with Gasteiger partial charge in [-0.3, -0.25) is 9.69 Å². The van der Waals surface area contributed by atoms with Gasteiger partial charge in [-0.1, -0.05) is 20.8 Å². The molecule has 1 aliphatic carbocycles. The van der Waals surface area contributed by atoms with Crippen molar-refractivity contribution < 1.29 is 4.79 Å². The van der Waals surface area contributed by atoms with Crippen LogP contribution in [0.5, 0.6) is 0 Å². The summed E-state index contributed by atoms with van der Waals surface area (Å²) in [5, 5.41) is 0. The number of carbonyl (C=O) groups is 1. The molecule has 1 aliphatic heterocycles. The number of nitrogens with zero attached hydrogens (tertiary/aromatic N) is 1. The minimum atomic E-state index is -0.116. The van der Waals surface area contributed by atoms with E-state index in [9.17, 15) is 4.79 Å². The molecule has 0 N–H and O–H groups in total. The molecule has 0 amide bonds. The lowest BCUT2D eigenvalue weighted by Gasteiger charge is -2.47. The van der Waals surface area contributed by atoms with Gasteiger partial charge in [-0.2, -0.15) is 0 Å². The van der Waals surface area contributed by atoms with Gasteiger partial charge in [0.25, 0.3) is 0 Å². The zero-order valence-electron chi connectivity index (χ0n) is 13.7. The predicted molar refractivity (Wildman–Crippen MR) is 80.2 cm³/mol. The Balaban J connectivity index is 1.92. The van der Waals surface area contributed by atoms with Crippen molar-refractivity contribution in [3.05, 3.63) is 0 Å². The van der Waals surface area contributed by atoms with Crippen LogP contribution >= 0.6 is 0 Å². The zero-order chi connectivity index (χ0) is 14.5. The van der Waals surface area contributed by atoms with E-state index in [2.05, 4.69) is 46.4 Å². The van der Waals surface area contributed by atoms with Crippen molar-refractivity contribution in [2.45, 2.75) is 72.8 Å². The Bertz CT molecular complexity index is 358. The highest BCUT2D eigenvalue weighted by molar-refractivity contribution is 5.87. The monoisotopic (exact) mass is 265 g/mol. The van der Waals surface area contributed by atoms with Crippen molar-refractivity contribution >= 4 is 5.78 Å². The molecule has 2 fully saturated rings. The number of rotatable bonds is 3. The first-order valence-corrected chi connectivity index (χ1v) is 7.89. The molecule has 0 radical (unpaired) electrons. The third kappa shape index (κ3) is 2.74. The van der Waals surface area contributed by atoms with Gasteiger partial charge in [0.2, 0.25) is 0 Å². The van der Waals surface area contributed by atoms with Crippen LogP contribution in [0.4, 0.5) is 0 Å². The van der Waals surface area contributed by atoms with Crippen LogP contribution < -0.4 is 0 Å². The van der Waals surface area contributed by atoms with Gasteiger partial charge < -0.3 is 0 Å². The third-order valence-electron chi connectivity index (χ3n) is 5.67. The van der Waals surface area contributed by atoms with Crippen LogP contribution in [0.25, 0.3) is 0 Å². The molecular weight excluding hydrogens is 234 g/mol. The fourth-order valence-corrected chi connectivity index (χ4v) is 3.74.